The summed E-state index contributed by atoms with van der Waals surface area (Å²) in [6.07, 6.45) is -14.8. The number of rotatable bonds is 8. The Labute approximate surface area is 234 Å². The second-order valence-corrected chi connectivity index (χ2v) is 10.6. The summed E-state index contributed by atoms with van der Waals surface area (Å²) in [4.78, 5) is 0. The van der Waals surface area contributed by atoms with Crippen molar-refractivity contribution in [2.45, 2.75) is 80.7 Å². The number of aliphatic hydroxyl groups is 8. The first kappa shape index (κ1) is 31.2. The molecule has 0 radical (unpaired) electrons. The molecule has 2 aromatic rings. The Bertz CT molecular complexity index is 1100. The minimum Gasteiger partial charge on any atom is -0.507 e. The summed E-state index contributed by atoms with van der Waals surface area (Å²) in [5, 5.41) is 101. The molecule has 0 bridgehead atoms. The molecular weight excluding hydrogens is 548 g/mol. The summed E-state index contributed by atoms with van der Waals surface area (Å²) in [6.45, 7) is 2.21. The van der Waals surface area contributed by atoms with Crippen molar-refractivity contribution >= 4 is 0 Å². The molecule has 0 spiro atoms. The van der Waals surface area contributed by atoms with Gasteiger partial charge in [-0.2, -0.15) is 0 Å². The van der Waals surface area contributed by atoms with Gasteiger partial charge in [0.05, 0.1) is 13.2 Å². The van der Waals surface area contributed by atoms with Crippen LogP contribution in [0.5, 0.6) is 23.0 Å². The summed E-state index contributed by atoms with van der Waals surface area (Å²) in [7, 11) is 0. The molecule has 14 nitrogen and oxygen atoms in total. The predicted molar refractivity (Wildman–Crippen MR) is 137 cm³/mol. The smallest absolute Gasteiger partial charge is 0.229 e. The number of aliphatic hydroxyl groups excluding tert-OH is 8. The third-order valence-corrected chi connectivity index (χ3v) is 7.49. The van der Waals surface area contributed by atoms with Crippen molar-refractivity contribution in [3.63, 3.8) is 0 Å². The normalized spacial score (nSPS) is 34.3. The monoisotopic (exact) mass is 584 g/mol. The summed E-state index contributed by atoms with van der Waals surface area (Å²) in [6, 6.07) is 8.45. The maximum Gasteiger partial charge on any atom is 0.229 e. The maximum absolute atomic E-state index is 10.8. The van der Waals surface area contributed by atoms with Crippen LogP contribution in [0.4, 0.5) is 0 Å². The van der Waals surface area contributed by atoms with E-state index < -0.39 is 80.0 Å². The van der Waals surface area contributed by atoms with Crippen molar-refractivity contribution < 1.29 is 70.0 Å². The lowest BCUT2D eigenvalue weighted by molar-refractivity contribution is -0.277. The van der Waals surface area contributed by atoms with E-state index in [-0.39, 0.29) is 23.0 Å². The van der Waals surface area contributed by atoms with Crippen molar-refractivity contribution in [2.75, 3.05) is 13.2 Å². The summed E-state index contributed by atoms with van der Waals surface area (Å²) in [5.41, 5.74) is -0.245. The molecule has 0 aliphatic carbocycles. The number of phenols is 2. The molecule has 2 aliphatic heterocycles. The van der Waals surface area contributed by atoms with Gasteiger partial charge in [0.25, 0.3) is 0 Å². The molecule has 228 valence electrons. The minimum atomic E-state index is -1.63. The average molecular weight is 585 g/mol. The van der Waals surface area contributed by atoms with Gasteiger partial charge in [-0.25, -0.2) is 0 Å². The van der Waals surface area contributed by atoms with E-state index in [9.17, 15) is 51.1 Å². The lowest BCUT2D eigenvalue weighted by Crippen LogP contribution is -2.60. The zero-order valence-corrected chi connectivity index (χ0v) is 22.3. The first-order chi connectivity index (χ1) is 19.3. The van der Waals surface area contributed by atoms with Crippen LogP contribution in [-0.2, 0) is 14.9 Å². The van der Waals surface area contributed by atoms with Crippen LogP contribution in [0.25, 0.3) is 0 Å². The molecule has 2 aromatic carbocycles. The minimum absolute atomic E-state index is 0.0545. The van der Waals surface area contributed by atoms with Crippen LogP contribution < -0.4 is 9.47 Å². The highest BCUT2D eigenvalue weighted by Crippen LogP contribution is 2.43. The van der Waals surface area contributed by atoms with E-state index in [1.165, 1.54) is 36.4 Å². The van der Waals surface area contributed by atoms with Crippen molar-refractivity contribution in [3.8, 4) is 23.0 Å². The van der Waals surface area contributed by atoms with Crippen LogP contribution in [0.2, 0.25) is 0 Å². The summed E-state index contributed by atoms with van der Waals surface area (Å²) < 4.78 is 21.8. The predicted octanol–water partition coefficient (Wildman–Crippen LogP) is -2.22. The molecule has 2 fully saturated rings. The molecule has 41 heavy (non-hydrogen) atoms. The van der Waals surface area contributed by atoms with Crippen molar-refractivity contribution in [1.29, 1.82) is 0 Å². The standard InChI is InChI=1S/C27H36O14/c1-27(2,13-5-3-11(7-15(13)30)38-25-23(36)21(34)19(32)17(9-28)40-25)14-6-4-12(8-16(14)31)39-26-24(37)22(35)20(33)18(10-29)41-26/h3-8,17-26,28-37H,9-10H2,1-2H3/t17-,18-,19-,20-,21+,22+,23-,24-,25-,26-/m1/s1. The van der Waals surface area contributed by atoms with Crippen molar-refractivity contribution in [3.05, 3.63) is 47.5 Å². The van der Waals surface area contributed by atoms with Crippen LogP contribution >= 0.6 is 0 Å². The van der Waals surface area contributed by atoms with E-state index in [2.05, 4.69) is 0 Å². The molecule has 10 atom stereocenters. The molecule has 0 saturated carbocycles. The number of aromatic hydroxyl groups is 2. The molecule has 4 rings (SSSR count). The zero-order chi connectivity index (χ0) is 30.2. The number of hydrogen-bond acceptors (Lipinski definition) is 14. The Morgan fingerprint density at radius 1 is 0.610 bits per heavy atom. The van der Waals surface area contributed by atoms with Gasteiger partial charge in [0.1, 0.15) is 71.8 Å². The van der Waals surface area contributed by atoms with Gasteiger partial charge in [-0.05, 0) is 12.1 Å². The average Bonchev–Trinajstić information content (AvgIpc) is 2.93. The summed E-state index contributed by atoms with van der Waals surface area (Å²) >= 11 is 0. The van der Waals surface area contributed by atoms with Crippen molar-refractivity contribution in [1.82, 2.24) is 0 Å². The van der Waals surface area contributed by atoms with Gasteiger partial charge in [-0.1, -0.05) is 26.0 Å². The largest absolute Gasteiger partial charge is 0.507 e. The third-order valence-electron chi connectivity index (χ3n) is 7.49. The molecule has 14 heteroatoms. The van der Waals surface area contributed by atoms with E-state index in [0.717, 1.165) is 0 Å². The Kier molecular flexibility index (Phi) is 9.30. The zero-order valence-electron chi connectivity index (χ0n) is 22.3. The highest BCUT2D eigenvalue weighted by Gasteiger charge is 2.46. The molecule has 0 aromatic heterocycles. The fourth-order valence-electron chi connectivity index (χ4n) is 4.97. The fraction of sp³-hybridized carbons (Fsp3) is 0.556. The van der Waals surface area contributed by atoms with E-state index >= 15 is 0 Å². The van der Waals surface area contributed by atoms with E-state index in [1.807, 2.05) is 0 Å². The van der Waals surface area contributed by atoms with Gasteiger partial charge < -0.3 is 70.0 Å². The van der Waals surface area contributed by atoms with Gasteiger partial charge in [0.15, 0.2) is 0 Å². The maximum atomic E-state index is 10.8. The van der Waals surface area contributed by atoms with Crippen LogP contribution in [0.3, 0.4) is 0 Å². The quantitative estimate of drug-likeness (QED) is 0.158. The Hall–Kier alpha value is -2.76. The van der Waals surface area contributed by atoms with Gasteiger partial charge in [-0.15, -0.1) is 0 Å². The molecule has 0 unspecified atom stereocenters. The van der Waals surface area contributed by atoms with Gasteiger partial charge in [0.2, 0.25) is 12.6 Å². The van der Waals surface area contributed by atoms with Gasteiger partial charge in [0, 0.05) is 28.7 Å². The van der Waals surface area contributed by atoms with Crippen LogP contribution in [-0.4, -0.2) is 126 Å². The Morgan fingerprint density at radius 3 is 1.29 bits per heavy atom. The number of phenolic OH excluding ortho intramolecular Hbond substituents is 2. The molecule has 2 aliphatic rings. The lowest BCUT2D eigenvalue weighted by Gasteiger charge is -2.39. The fourth-order valence-corrected chi connectivity index (χ4v) is 4.97. The number of hydrogen-bond donors (Lipinski definition) is 10. The van der Waals surface area contributed by atoms with Crippen LogP contribution in [0, 0.1) is 0 Å². The van der Waals surface area contributed by atoms with Crippen LogP contribution in [0.1, 0.15) is 25.0 Å². The molecular formula is C27H36O14. The first-order valence-electron chi connectivity index (χ1n) is 12.9. The molecule has 0 amide bonds. The van der Waals surface area contributed by atoms with E-state index in [0.29, 0.717) is 11.1 Å². The molecule has 10 N–H and O–H groups in total. The molecule has 2 heterocycles. The molecule has 2 saturated heterocycles. The van der Waals surface area contributed by atoms with Gasteiger partial charge in [-0.3, -0.25) is 0 Å². The lowest BCUT2D eigenvalue weighted by atomic mass is 9.77. The Balaban J connectivity index is 1.50. The number of ether oxygens (including phenoxy) is 4. The second-order valence-electron chi connectivity index (χ2n) is 10.6. The SMILES string of the molecule is CC(C)(c1ccc(O[C@@H]2O[C@H](CO)[C@@H](O)[C@H](O)[C@H]2O)cc1O)c1ccc(O[C@@H]2O[C@H](CO)[C@@H](O)[C@H](O)[C@H]2O)cc1O. The van der Waals surface area contributed by atoms with Crippen LogP contribution in [0.15, 0.2) is 36.4 Å². The third kappa shape index (κ3) is 6.08. The Morgan fingerprint density at radius 2 is 0.976 bits per heavy atom. The van der Waals surface area contributed by atoms with Gasteiger partial charge >= 0.3 is 0 Å². The van der Waals surface area contributed by atoms with Crippen molar-refractivity contribution in [2.24, 2.45) is 0 Å². The second kappa shape index (κ2) is 12.2. The number of benzene rings is 2. The highest BCUT2D eigenvalue weighted by atomic mass is 16.7. The van der Waals surface area contributed by atoms with E-state index in [1.54, 1.807) is 13.8 Å². The van der Waals surface area contributed by atoms with E-state index in [4.69, 9.17) is 18.9 Å². The first-order valence-corrected chi connectivity index (χ1v) is 12.9. The highest BCUT2D eigenvalue weighted by molar-refractivity contribution is 5.53. The topological polar surface area (TPSA) is 239 Å². The summed E-state index contributed by atoms with van der Waals surface area (Å²) in [5.74, 6) is -0.367.